The lowest BCUT2D eigenvalue weighted by molar-refractivity contribution is -0.124. The number of anilines is 1. The standard InChI is InChI=1S/C17H13FN2O3S3/c18-12-5-1-10(2-6-12)9-23-13-7-3-11(4-8-13)14(21)15(22)19-16-20-17(24)26-25-16/h1-8,14,21H,9H2,(H,19,20,22,24). The minimum Gasteiger partial charge on any atom is -0.489 e. The Balaban J connectivity index is 1.58. The summed E-state index contributed by atoms with van der Waals surface area (Å²) in [5.74, 6) is -0.308. The zero-order valence-electron chi connectivity index (χ0n) is 13.2. The summed E-state index contributed by atoms with van der Waals surface area (Å²) >= 11 is 4.90. The van der Waals surface area contributed by atoms with E-state index in [1.54, 1.807) is 36.4 Å². The van der Waals surface area contributed by atoms with Crippen LogP contribution in [0, 0.1) is 9.77 Å². The molecule has 1 aromatic heterocycles. The molecule has 1 amide bonds. The Morgan fingerprint density at radius 2 is 1.88 bits per heavy atom. The summed E-state index contributed by atoms with van der Waals surface area (Å²) in [6.07, 6.45) is -1.33. The molecule has 0 spiro atoms. The predicted octanol–water partition coefficient (Wildman–Crippen LogP) is 4.32. The van der Waals surface area contributed by atoms with E-state index in [9.17, 15) is 14.3 Å². The molecule has 2 N–H and O–H groups in total. The van der Waals surface area contributed by atoms with Crippen molar-refractivity contribution in [2.24, 2.45) is 0 Å². The lowest BCUT2D eigenvalue weighted by Gasteiger charge is -2.11. The van der Waals surface area contributed by atoms with Crippen molar-refractivity contribution in [1.29, 1.82) is 0 Å². The van der Waals surface area contributed by atoms with Gasteiger partial charge in [-0.15, -0.1) is 0 Å². The van der Waals surface area contributed by atoms with Crippen LogP contribution in [0.4, 0.5) is 9.52 Å². The minimum atomic E-state index is -1.33. The molecule has 26 heavy (non-hydrogen) atoms. The van der Waals surface area contributed by atoms with Crippen LogP contribution in [0.25, 0.3) is 0 Å². The maximum absolute atomic E-state index is 12.9. The normalized spacial score (nSPS) is 11.8. The fourth-order valence-electron chi connectivity index (χ4n) is 2.06. The van der Waals surface area contributed by atoms with E-state index < -0.39 is 12.0 Å². The second kappa shape index (κ2) is 8.45. The van der Waals surface area contributed by atoms with Crippen LogP contribution >= 0.6 is 32.9 Å². The Kier molecular flexibility index (Phi) is 6.04. The van der Waals surface area contributed by atoms with E-state index in [-0.39, 0.29) is 12.4 Å². The topological polar surface area (TPSA) is 71.5 Å². The number of nitrogens with one attached hydrogen (secondary N) is 1. The molecule has 0 bridgehead atoms. The molecule has 0 saturated heterocycles. The maximum Gasteiger partial charge on any atom is 0.259 e. The molecule has 9 heteroatoms. The molecule has 3 rings (SSSR count). The van der Waals surface area contributed by atoms with Crippen molar-refractivity contribution in [3.63, 3.8) is 0 Å². The highest BCUT2D eigenvalue weighted by atomic mass is 32.9. The van der Waals surface area contributed by atoms with Gasteiger partial charge < -0.3 is 9.84 Å². The fraction of sp³-hybridized carbons (Fsp3) is 0.118. The van der Waals surface area contributed by atoms with Gasteiger partial charge >= 0.3 is 0 Å². The highest BCUT2D eigenvalue weighted by molar-refractivity contribution is 7.79. The van der Waals surface area contributed by atoms with Gasteiger partial charge in [-0.05, 0) is 68.3 Å². The Hall–Kier alpha value is -2.20. The molecule has 134 valence electrons. The van der Waals surface area contributed by atoms with Crippen LogP contribution in [0.15, 0.2) is 48.5 Å². The van der Waals surface area contributed by atoms with E-state index in [2.05, 4.69) is 10.3 Å². The van der Waals surface area contributed by atoms with Gasteiger partial charge in [0.1, 0.15) is 18.2 Å². The van der Waals surface area contributed by atoms with Crippen molar-refractivity contribution in [1.82, 2.24) is 4.98 Å². The number of aliphatic hydroxyl groups is 1. The summed E-state index contributed by atoms with van der Waals surface area (Å²) in [4.78, 5) is 16.0. The second-order valence-electron chi connectivity index (χ2n) is 5.23. The highest BCUT2D eigenvalue weighted by Gasteiger charge is 2.18. The van der Waals surface area contributed by atoms with Gasteiger partial charge in [0, 0.05) is 0 Å². The first-order chi connectivity index (χ1) is 12.5. The Labute approximate surface area is 161 Å². The molecule has 0 aliphatic heterocycles. The van der Waals surface area contributed by atoms with E-state index >= 15 is 0 Å². The number of hydrogen-bond donors (Lipinski definition) is 2. The van der Waals surface area contributed by atoms with E-state index in [1.165, 1.54) is 32.8 Å². The first-order valence-corrected chi connectivity index (χ1v) is 10.0. The van der Waals surface area contributed by atoms with Crippen LogP contribution in [-0.2, 0) is 11.4 Å². The monoisotopic (exact) mass is 408 g/mol. The molecule has 2 aromatic carbocycles. The molecular formula is C17H13FN2O3S3. The van der Waals surface area contributed by atoms with Gasteiger partial charge in [-0.1, -0.05) is 24.3 Å². The van der Waals surface area contributed by atoms with E-state index in [0.29, 0.717) is 20.4 Å². The lowest BCUT2D eigenvalue weighted by atomic mass is 10.1. The summed E-state index contributed by atoms with van der Waals surface area (Å²) < 4.78 is 18.9. The van der Waals surface area contributed by atoms with E-state index in [1.807, 2.05) is 0 Å². The first-order valence-electron chi connectivity index (χ1n) is 7.44. The van der Waals surface area contributed by atoms with Gasteiger partial charge in [0.15, 0.2) is 10.1 Å². The van der Waals surface area contributed by atoms with E-state index in [4.69, 9.17) is 17.0 Å². The third-order valence-electron chi connectivity index (χ3n) is 3.38. The minimum absolute atomic E-state index is 0.289. The molecule has 0 saturated carbocycles. The van der Waals surface area contributed by atoms with Crippen LogP contribution in [0.1, 0.15) is 17.2 Å². The maximum atomic E-state index is 12.9. The smallest absolute Gasteiger partial charge is 0.259 e. The number of halogens is 1. The summed E-state index contributed by atoms with van der Waals surface area (Å²) in [5, 5.41) is 13.0. The van der Waals surface area contributed by atoms with Gasteiger partial charge in [-0.3, -0.25) is 10.1 Å². The van der Waals surface area contributed by atoms with Gasteiger partial charge in [-0.25, -0.2) is 4.39 Å². The van der Waals surface area contributed by atoms with Crippen LogP contribution in [0.3, 0.4) is 0 Å². The quantitative estimate of drug-likeness (QED) is 0.469. The van der Waals surface area contributed by atoms with E-state index in [0.717, 1.165) is 5.56 Å². The van der Waals surface area contributed by atoms with Crippen molar-refractivity contribution in [2.45, 2.75) is 12.7 Å². The first kappa shape index (κ1) is 18.6. The molecule has 3 aromatic rings. The Morgan fingerprint density at radius 3 is 2.50 bits per heavy atom. The average Bonchev–Trinajstić information content (AvgIpc) is 3.06. The molecule has 0 fully saturated rings. The third-order valence-corrected chi connectivity index (χ3v) is 5.90. The zero-order chi connectivity index (χ0) is 18.5. The van der Waals surface area contributed by atoms with Gasteiger partial charge in [0.25, 0.3) is 5.91 Å². The fourth-order valence-corrected chi connectivity index (χ4v) is 3.92. The summed E-state index contributed by atoms with van der Waals surface area (Å²) in [7, 11) is 2.51. The number of benzene rings is 2. The van der Waals surface area contributed by atoms with Crippen molar-refractivity contribution in [3.05, 3.63) is 69.4 Å². The number of aromatic nitrogens is 1. The van der Waals surface area contributed by atoms with Crippen molar-refractivity contribution in [3.8, 4) is 5.75 Å². The number of aliphatic hydroxyl groups excluding tert-OH is 1. The molecule has 0 aliphatic carbocycles. The Bertz CT molecular complexity index is 939. The molecule has 1 unspecified atom stereocenters. The largest absolute Gasteiger partial charge is 0.489 e. The molecular weight excluding hydrogens is 395 g/mol. The van der Waals surface area contributed by atoms with Gasteiger partial charge in [-0.2, -0.15) is 4.98 Å². The molecule has 1 heterocycles. The number of hydrogen-bond acceptors (Lipinski definition) is 7. The molecule has 1 atom stereocenters. The summed E-state index contributed by atoms with van der Waals surface area (Å²) in [6, 6.07) is 12.5. The lowest BCUT2D eigenvalue weighted by Crippen LogP contribution is -2.20. The number of rotatable bonds is 6. The van der Waals surface area contributed by atoms with Gasteiger partial charge in [0.2, 0.25) is 5.13 Å². The predicted molar refractivity (Wildman–Crippen MR) is 102 cm³/mol. The molecule has 0 aliphatic rings. The molecule has 5 nitrogen and oxygen atoms in total. The van der Waals surface area contributed by atoms with Crippen molar-refractivity contribution in [2.75, 3.05) is 5.32 Å². The number of amides is 1. The average molecular weight is 409 g/mol. The van der Waals surface area contributed by atoms with Crippen molar-refractivity contribution >= 4 is 43.9 Å². The second-order valence-corrected chi connectivity index (χ2v) is 7.98. The summed E-state index contributed by atoms with van der Waals surface area (Å²) in [6.45, 7) is 0.289. The zero-order valence-corrected chi connectivity index (χ0v) is 15.7. The van der Waals surface area contributed by atoms with Crippen molar-refractivity contribution < 1.29 is 19.0 Å². The van der Waals surface area contributed by atoms with Gasteiger partial charge in [0.05, 0.1) is 0 Å². The SMILES string of the molecule is O=C(Nc1nc(=S)ss1)C(O)c1ccc(OCc2ccc(F)cc2)cc1. The molecule has 0 radical (unpaired) electrons. The van der Waals surface area contributed by atoms with Crippen LogP contribution < -0.4 is 10.1 Å². The van der Waals surface area contributed by atoms with Crippen LogP contribution in [0.2, 0.25) is 0 Å². The highest BCUT2D eigenvalue weighted by Crippen LogP contribution is 2.23. The van der Waals surface area contributed by atoms with Crippen LogP contribution in [-0.4, -0.2) is 16.0 Å². The number of nitrogens with zero attached hydrogens (tertiary/aromatic N) is 1. The van der Waals surface area contributed by atoms with Crippen LogP contribution in [0.5, 0.6) is 5.75 Å². The summed E-state index contributed by atoms with van der Waals surface area (Å²) in [5.41, 5.74) is 1.26. The third kappa shape index (κ3) is 4.92. The number of carbonyl (C=O) groups excluding carboxylic acids is 1. The number of carbonyl (C=O) groups is 1. The Morgan fingerprint density at radius 1 is 1.19 bits per heavy atom. The number of ether oxygens (including phenoxy) is 1.